The van der Waals surface area contributed by atoms with Crippen molar-refractivity contribution >= 4 is 22.4 Å². The molecule has 0 spiro atoms. The summed E-state index contributed by atoms with van der Waals surface area (Å²) < 4.78 is 96.4. The zero-order valence-electron chi connectivity index (χ0n) is 16.3. The van der Waals surface area contributed by atoms with E-state index in [0.717, 1.165) is 24.3 Å². The Bertz CT molecular complexity index is 1290. The molecule has 4 nitrogen and oxygen atoms in total. The number of hydrogen-bond acceptors (Lipinski definition) is 4. The number of ether oxygens (including phenoxy) is 1. The largest absolute Gasteiger partial charge is 0.457 e. The van der Waals surface area contributed by atoms with Crippen molar-refractivity contribution in [2.45, 2.75) is 12.4 Å². The molecular formula is C22H12F7N3O. The van der Waals surface area contributed by atoms with Gasteiger partial charge in [-0.25, -0.2) is 14.4 Å². The third-order valence-electron chi connectivity index (χ3n) is 4.45. The summed E-state index contributed by atoms with van der Waals surface area (Å²) in [6, 6.07) is 13.2. The van der Waals surface area contributed by atoms with Gasteiger partial charge in [-0.2, -0.15) is 26.3 Å². The third kappa shape index (κ3) is 5.13. The van der Waals surface area contributed by atoms with E-state index in [4.69, 9.17) is 4.74 Å². The van der Waals surface area contributed by atoms with Crippen molar-refractivity contribution in [2.75, 3.05) is 5.32 Å². The fourth-order valence-electron chi connectivity index (χ4n) is 2.92. The standard InChI is InChI=1S/C22H12F7N3O/c23-13-3-10-17-18(11-13)31-20(22(27,28)29)32-19(17)30-14-4-8-16(9-5-14)33-15-6-1-12(2-7-15)21(24,25)26/h1-11H,(H,30,31,32). The summed E-state index contributed by atoms with van der Waals surface area (Å²) in [6.07, 6.45) is -9.30. The molecule has 0 fully saturated rings. The highest BCUT2D eigenvalue weighted by Gasteiger charge is 2.35. The lowest BCUT2D eigenvalue weighted by Crippen LogP contribution is -2.12. The number of nitrogens with one attached hydrogen (secondary N) is 1. The Hall–Kier alpha value is -3.89. The highest BCUT2D eigenvalue weighted by Crippen LogP contribution is 2.33. The van der Waals surface area contributed by atoms with Gasteiger partial charge >= 0.3 is 12.4 Å². The molecule has 0 unspecified atom stereocenters. The van der Waals surface area contributed by atoms with E-state index in [1.807, 2.05) is 0 Å². The minimum absolute atomic E-state index is 0.169. The van der Waals surface area contributed by atoms with E-state index in [2.05, 4.69) is 15.3 Å². The number of rotatable bonds is 4. The van der Waals surface area contributed by atoms with Crippen LogP contribution in [0, 0.1) is 5.82 Å². The van der Waals surface area contributed by atoms with Gasteiger partial charge in [-0.3, -0.25) is 0 Å². The number of hydrogen-bond donors (Lipinski definition) is 1. The first-order valence-corrected chi connectivity index (χ1v) is 9.26. The average Bonchev–Trinajstić information content (AvgIpc) is 2.74. The van der Waals surface area contributed by atoms with Gasteiger partial charge in [-0.05, 0) is 60.7 Å². The summed E-state index contributed by atoms with van der Waals surface area (Å²) in [5, 5.41) is 2.92. The number of aromatic nitrogens is 2. The quantitative estimate of drug-likeness (QED) is 0.319. The molecule has 0 radical (unpaired) electrons. The highest BCUT2D eigenvalue weighted by atomic mass is 19.4. The lowest BCUT2D eigenvalue weighted by molar-refractivity contribution is -0.144. The Morgan fingerprint density at radius 2 is 1.30 bits per heavy atom. The van der Waals surface area contributed by atoms with Crippen LogP contribution in [0.15, 0.2) is 66.7 Å². The highest BCUT2D eigenvalue weighted by molar-refractivity contribution is 5.90. The summed E-state index contributed by atoms with van der Waals surface area (Å²) in [7, 11) is 0. The van der Waals surface area contributed by atoms with E-state index in [0.29, 0.717) is 5.69 Å². The van der Waals surface area contributed by atoms with E-state index in [-0.39, 0.29) is 28.2 Å². The van der Waals surface area contributed by atoms with Crippen molar-refractivity contribution in [1.82, 2.24) is 9.97 Å². The molecular weight excluding hydrogens is 455 g/mol. The predicted molar refractivity (Wildman–Crippen MR) is 106 cm³/mol. The molecule has 0 aliphatic carbocycles. The molecule has 0 amide bonds. The molecule has 170 valence electrons. The normalized spacial score (nSPS) is 12.1. The summed E-state index contributed by atoms with van der Waals surface area (Å²) in [5.74, 6) is -1.90. The van der Waals surface area contributed by atoms with Crippen LogP contribution in [0.1, 0.15) is 11.4 Å². The van der Waals surface area contributed by atoms with Gasteiger partial charge in [0.15, 0.2) is 0 Å². The number of benzene rings is 3. The smallest absolute Gasteiger partial charge is 0.451 e. The molecule has 11 heteroatoms. The first-order valence-electron chi connectivity index (χ1n) is 9.26. The van der Waals surface area contributed by atoms with Crippen LogP contribution >= 0.6 is 0 Å². The van der Waals surface area contributed by atoms with Gasteiger partial charge in [-0.15, -0.1) is 0 Å². The Labute approximate surface area is 181 Å². The van der Waals surface area contributed by atoms with Crippen molar-refractivity contribution in [2.24, 2.45) is 0 Å². The maximum atomic E-state index is 13.5. The number of fused-ring (bicyclic) bond motifs is 1. The molecule has 1 aromatic heterocycles. The molecule has 0 saturated heterocycles. The van der Waals surface area contributed by atoms with Crippen LogP contribution in [0.4, 0.5) is 42.2 Å². The van der Waals surface area contributed by atoms with Crippen LogP contribution < -0.4 is 10.1 Å². The number of nitrogens with zero attached hydrogens (tertiary/aromatic N) is 2. The molecule has 0 bridgehead atoms. The van der Waals surface area contributed by atoms with Crippen LogP contribution in [-0.2, 0) is 12.4 Å². The van der Waals surface area contributed by atoms with Gasteiger partial charge < -0.3 is 10.1 Å². The van der Waals surface area contributed by atoms with E-state index in [1.165, 1.54) is 42.5 Å². The topological polar surface area (TPSA) is 47.0 Å². The Morgan fingerprint density at radius 3 is 1.88 bits per heavy atom. The van der Waals surface area contributed by atoms with Crippen molar-refractivity contribution < 1.29 is 35.5 Å². The molecule has 1 N–H and O–H groups in total. The Balaban J connectivity index is 1.57. The fourth-order valence-corrected chi connectivity index (χ4v) is 2.92. The summed E-state index contributed by atoms with van der Waals surface area (Å²) >= 11 is 0. The first kappa shape index (κ1) is 22.3. The monoisotopic (exact) mass is 467 g/mol. The Kier molecular flexibility index (Phi) is 5.56. The second kappa shape index (κ2) is 8.23. The molecule has 0 aliphatic heterocycles. The number of halogens is 7. The van der Waals surface area contributed by atoms with E-state index >= 15 is 0 Å². The third-order valence-corrected chi connectivity index (χ3v) is 4.45. The lowest BCUT2D eigenvalue weighted by atomic mass is 10.2. The van der Waals surface area contributed by atoms with Crippen molar-refractivity contribution in [1.29, 1.82) is 0 Å². The molecule has 1 heterocycles. The van der Waals surface area contributed by atoms with Gasteiger partial charge in [0.1, 0.15) is 23.1 Å². The first-order chi connectivity index (χ1) is 15.5. The van der Waals surface area contributed by atoms with E-state index in [1.54, 1.807) is 0 Å². The fraction of sp³-hybridized carbons (Fsp3) is 0.0909. The van der Waals surface area contributed by atoms with Gasteiger partial charge in [-0.1, -0.05) is 0 Å². The van der Waals surface area contributed by atoms with Crippen LogP contribution in [0.5, 0.6) is 11.5 Å². The Morgan fingerprint density at radius 1 is 0.697 bits per heavy atom. The average molecular weight is 467 g/mol. The maximum Gasteiger partial charge on any atom is 0.451 e. The summed E-state index contributed by atoms with van der Waals surface area (Å²) in [6.45, 7) is 0. The maximum absolute atomic E-state index is 13.5. The summed E-state index contributed by atoms with van der Waals surface area (Å²) in [4.78, 5) is 6.91. The molecule has 0 aliphatic rings. The van der Waals surface area contributed by atoms with E-state index in [9.17, 15) is 30.7 Å². The molecule has 33 heavy (non-hydrogen) atoms. The van der Waals surface area contributed by atoms with E-state index < -0.39 is 29.6 Å². The number of anilines is 2. The molecule has 3 aromatic carbocycles. The summed E-state index contributed by atoms with van der Waals surface area (Å²) in [5.41, 5.74) is -0.695. The van der Waals surface area contributed by atoms with Crippen LogP contribution in [0.3, 0.4) is 0 Å². The minimum Gasteiger partial charge on any atom is -0.457 e. The second-order valence-corrected chi connectivity index (χ2v) is 6.83. The molecule has 4 rings (SSSR count). The number of alkyl halides is 6. The van der Waals surface area contributed by atoms with Crippen molar-refractivity contribution in [3.8, 4) is 11.5 Å². The zero-order chi connectivity index (χ0) is 23.8. The van der Waals surface area contributed by atoms with Gasteiger partial charge in [0.2, 0.25) is 5.82 Å². The molecule has 0 atom stereocenters. The van der Waals surface area contributed by atoms with Crippen LogP contribution in [0.25, 0.3) is 10.9 Å². The van der Waals surface area contributed by atoms with Crippen molar-refractivity contribution in [3.63, 3.8) is 0 Å². The minimum atomic E-state index is -4.84. The SMILES string of the molecule is Fc1ccc2c(Nc3ccc(Oc4ccc(C(F)(F)F)cc4)cc3)nc(C(F)(F)F)nc2c1. The molecule has 0 saturated carbocycles. The van der Waals surface area contributed by atoms with Gasteiger partial charge in [0.05, 0.1) is 11.1 Å². The second-order valence-electron chi connectivity index (χ2n) is 6.83. The van der Waals surface area contributed by atoms with Crippen molar-refractivity contribution in [3.05, 3.63) is 83.9 Å². The van der Waals surface area contributed by atoms with Crippen LogP contribution in [-0.4, -0.2) is 9.97 Å². The van der Waals surface area contributed by atoms with Gasteiger partial charge in [0, 0.05) is 17.1 Å². The predicted octanol–water partition coefficient (Wildman–Crippen LogP) is 7.34. The lowest BCUT2D eigenvalue weighted by Gasteiger charge is -2.13. The van der Waals surface area contributed by atoms with Gasteiger partial charge in [0.25, 0.3) is 0 Å². The van der Waals surface area contributed by atoms with Crippen LogP contribution in [0.2, 0.25) is 0 Å². The zero-order valence-corrected chi connectivity index (χ0v) is 16.3. The molecule has 4 aromatic rings.